The zero-order valence-electron chi connectivity index (χ0n) is 25.3. The average Bonchev–Trinajstić information content (AvgIpc) is 3.68. The lowest BCUT2D eigenvalue weighted by Gasteiger charge is -2.29. The van der Waals surface area contributed by atoms with E-state index in [1.54, 1.807) is 30.5 Å². The number of nitrogens with one attached hydrogen (secondary N) is 1. The maximum absolute atomic E-state index is 13.9. The molecule has 0 radical (unpaired) electrons. The molecule has 1 saturated heterocycles. The molecule has 0 atom stereocenters. The fraction of sp³-hybridized carbons (Fsp3) is 0.438. The minimum atomic E-state index is -4.64. The first-order valence-corrected chi connectivity index (χ1v) is 15.4. The van der Waals surface area contributed by atoms with Crippen LogP contribution in [0.5, 0.6) is 11.5 Å². The molecule has 2 aromatic carbocycles. The number of hydrogen-bond donors (Lipinski definition) is 1. The minimum absolute atomic E-state index is 0.202. The molecule has 238 valence electrons. The van der Waals surface area contributed by atoms with Crippen LogP contribution in [0, 0.1) is 6.92 Å². The molecule has 0 saturated carbocycles. The van der Waals surface area contributed by atoms with Gasteiger partial charge in [-0.1, -0.05) is 18.2 Å². The molecule has 1 aliphatic rings. The number of methoxy groups -OCH3 is 2. The van der Waals surface area contributed by atoms with Gasteiger partial charge in [-0.05, 0) is 86.1 Å². The number of likely N-dealkylation sites (tertiary alicyclic amines) is 1. The summed E-state index contributed by atoms with van der Waals surface area (Å²) in [4.78, 5) is 33.6. The Morgan fingerprint density at radius 3 is 2.36 bits per heavy atom. The molecule has 0 spiro atoms. The number of nitrogens with zero attached hydrogens (tertiary/aromatic N) is 3. The highest BCUT2D eigenvalue weighted by Crippen LogP contribution is 2.34. The van der Waals surface area contributed by atoms with Crippen molar-refractivity contribution in [2.75, 3.05) is 58.8 Å². The Labute approximate surface area is 260 Å². The fourth-order valence-electron chi connectivity index (χ4n) is 5.15. The summed E-state index contributed by atoms with van der Waals surface area (Å²) in [6, 6.07) is 11.7. The second-order valence-corrected chi connectivity index (χ2v) is 11.7. The Kier molecular flexibility index (Phi) is 11.5. The number of aryl methyl sites for hydroxylation is 1. The quantitative estimate of drug-likeness (QED) is 0.240. The molecule has 4 rings (SSSR count). The third-order valence-electron chi connectivity index (χ3n) is 7.75. The van der Waals surface area contributed by atoms with Gasteiger partial charge in [-0.25, -0.2) is 4.79 Å². The van der Waals surface area contributed by atoms with E-state index in [0.717, 1.165) is 48.0 Å². The summed E-state index contributed by atoms with van der Waals surface area (Å²) in [5.41, 5.74) is 0.717. The van der Waals surface area contributed by atoms with E-state index in [-0.39, 0.29) is 24.7 Å². The SMILES string of the molecule is COc1ccc(CCN(Cc2sccc2C)C(=O)CN(CCN2CCCC2)C(=O)Nc2ccccc2C(F)(F)F)cc1OC. The second kappa shape index (κ2) is 15.3. The van der Waals surface area contributed by atoms with Crippen LogP contribution in [0.1, 0.15) is 34.4 Å². The Bertz CT molecular complexity index is 1410. The van der Waals surface area contributed by atoms with Crippen molar-refractivity contribution in [1.29, 1.82) is 0 Å². The second-order valence-electron chi connectivity index (χ2n) is 10.7. The molecule has 1 aromatic heterocycles. The van der Waals surface area contributed by atoms with Crippen molar-refractivity contribution in [3.8, 4) is 11.5 Å². The van der Waals surface area contributed by atoms with E-state index in [0.29, 0.717) is 37.6 Å². The van der Waals surface area contributed by atoms with Crippen molar-refractivity contribution >= 4 is 29.0 Å². The van der Waals surface area contributed by atoms with Gasteiger partial charge in [-0.15, -0.1) is 11.3 Å². The molecule has 0 bridgehead atoms. The number of anilines is 1. The molecule has 3 amide bonds. The van der Waals surface area contributed by atoms with Gasteiger partial charge in [0.15, 0.2) is 11.5 Å². The van der Waals surface area contributed by atoms with E-state index in [2.05, 4.69) is 10.2 Å². The largest absolute Gasteiger partial charge is 0.493 e. The minimum Gasteiger partial charge on any atom is -0.493 e. The van der Waals surface area contributed by atoms with Gasteiger partial charge in [0.25, 0.3) is 0 Å². The highest BCUT2D eigenvalue weighted by atomic mass is 32.1. The Morgan fingerprint density at radius 2 is 1.70 bits per heavy atom. The lowest BCUT2D eigenvalue weighted by molar-refractivity contribution is -0.137. The van der Waals surface area contributed by atoms with Crippen molar-refractivity contribution in [3.63, 3.8) is 0 Å². The summed E-state index contributed by atoms with van der Waals surface area (Å²) in [6.45, 7) is 4.93. The first-order chi connectivity index (χ1) is 21.1. The van der Waals surface area contributed by atoms with Gasteiger partial charge in [0, 0.05) is 24.5 Å². The molecule has 1 aliphatic heterocycles. The van der Waals surface area contributed by atoms with E-state index in [1.807, 2.05) is 36.6 Å². The fourth-order valence-corrected chi connectivity index (χ4v) is 6.07. The zero-order chi connectivity index (χ0) is 31.7. The topological polar surface area (TPSA) is 74.4 Å². The summed E-state index contributed by atoms with van der Waals surface area (Å²) in [5.74, 6) is 0.893. The van der Waals surface area contributed by atoms with Crippen molar-refractivity contribution in [3.05, 3.63) is 75.5 Å². The third-order valence-corrected chi connectivity index (χ3v) is 8.75. The molecule has 8 nitrogen and oxygen atoms in total. The van der Waals surface area contributed by atoms with Gasteiger partial charge in [0.2, 0.25) is 5.91 Å². The highest BCUT2D eigenvalue weighted by Gasteiger charge is 2.34. The van der Waals surface area contributed by atoms with Crippen LogP contribution in [-0.2, 0) is 23.9 Å². The van der Waals surface area contributed by atoms with E-state index < -0.39 is 17.8 Å². The van der Waals surface area contributed by atoms with Gasteiger partial charge in [-0.2, -0.15) is 13.2 Å². The normalized spacial score (nSPS) is 13.5. The van der Waals surface area contributed by atoms with Crippen LogP contribution in [0.25, 0.3) is 0 Å². The van der Waals surface area contributed by atoms with E-state index >= 15 is 0 Å². The number of para-hydroxylation sites is 1. The Balaban J connectivity index is 1.54. The van der Waals surface area contributed by atoms with Gasteiger partial charge in [-0.3, -0.25) is 4.79 Å². The van der Waals surface area contributed by atoms with Gasteiger partial charge >= 0.3 is 12.2 Å². The monoisotopic (exact) mass is 632 g/mol. The standard InChI is InChI=1S/C32H39F3N4O4S/c1-23-13-19-44-29(23)21-38(16-12-24-10-11-27(42-2)28(20-24)43-3)30(40)22-39(18-17-37-14-6-7-15-37)31(41)36-26-9-5-4-8-25(26)32(33,34)35/h4-5,8-11,13,19-20H,6-7,12,14-18,21-22H2,1-3H3,(H,36,41). The summed E-state index contributed by atoms with van der Waals surface area (Å²) in [7, 11) is 3.13. The van der Waals surface area contributed by atoms with Gasteiger partial charge in [0.1, 0.15) is 6.54 Å². The van der Waals surface area contributed by atoms with E-state index in [1.165, 1.54) is 23.1 Å². The van der Waals surface area contributed by atoms with Crippen LogP contribution >= 0.6 is 11.3 Å². The van der Waals surface area contributed by atoms with Crippen LogP contribution in [-0.4, -0.2) is 80.1 Å². The van der Waals surface area contributed by atoms with E-state index in [9.17, 15) is 22.8 Å². The number of urea groups is 1. The summed E-state index contributed by atoms with van der Waals surface area (Å²) in [5, 5.41) is 4.39. The molecule has 1 fully saturated rings. The van der Waals surface area contributed by atoms with Gasteiger partial charge < -0.3 is 29.5 Å². The van der Waals surface area contributed by atoms with Crippen LogP contribution in [0.3, 0.4) is 0 Å². The van der Waals surface area contributed by atoms with E-state index in [4.69, 9.17) is 9.47 Å². The average molecular weight is 633 g/mol. The first kappa shape index (κ1) is 33.1. The van der Waals surface area contributed by atoms with Crippen molar-refractivity contribution in [2.45, 2.75) is 38.9 Å². The zero-order valence-corrected chi connectivity index (χ0v) is 26.1. The third kappa shape index (κ3) is 8.88. The number of alkyl halides is 3. The molecule has 44 heavy (non-hydrogen) atoms. The Morgan fingerprint density at radius 1 is 0.977 bits per heavy atom. The maximum atomic E-state index is 13.9. The molecule has 2 heterocycles. The van der Waals surface area contributed by atoms with Crippen molar-refractivity contribution < 1.29 is 32.2 Å². The van der Waals surface area contributed by atoms with Crippen LogP contribution in [0.15, 0.2) is 53.9 Å². The highest BCUT2D eigenvalue weighted by molar-refractivity contribution is 7.10. The molecule has 3 aromatic rings. The van der Waals surface area contributed by atoms with Crippen LogP contribution < -0.4 is 14.8 Å². The number of carbonyl (C=O) groups excluding carboxylic acids is 2. The molecular formula is C32H39F3N4O4S. The number of amides is 3. The molecule has 0 unspecified atom stereocenters. The predicted octanol–water partition coefficient (Wildman–Crippen LogP) is 6.29. The molecule has 0 aliphatic carbocycles. The number of carbonyl (C=O) groups is 2. The maximum Gasteiger partial charge on any atom is 0.418 e. The van der Waals surface area contributed by atoms with Crippen molar-refractivity contribution in [1.82, 2.24) is 14.7 Å². The van der Waals surface area contributed by atoms with Crippen LogP contribution in [0.4, 0.5) is 23.7 Å². The molecule has 12 heteroatoms. The lowest BCUT2D eigenvalue weighted by atomic mass is 10.1. The first-order valence-electron chi connectivity index (χ1n) is 14.5. The summed E-state index contributed by atoms with van der Waals surface area (Å²) in [6.07, 6.45) is -2.02. The number of hydrogen-bond acceptors (Lipinski definition) is 6. The number of thiophene rings is 1. The van der Waals surface area contributed by atoms with Crippen LogP contribution in [0.2, 0.25) is 0 Å². The predicted molar refractivity (Wildman–Crippen MR) is 165 cm³/mol. The summed E-state index contributed by atoms with van der Waals surface area (Å²) >= 11 is 1.55. The lowest BCUT2D eigenvalue weighted by Crippen LogP contribution is -2.47. The number of benzene rings is 2. The van der Waals surface area contributed by atoms with Crippen molar-refractivity contribution in [2.24, 2.45) is 0 Å². The Hall–Kier alpha value is -3.77. The number of rotatable bonds is 13. The molecular weight excluding hydrogens is 593 g/mol. The van der Waals surface area contributed by atoms with Gasteiger partial charge in [0.05, 0.1) is 32.0 Å². The number of ether oxygens (including phenoxy) is 2. The number of halogens is 3. The smallest absolute Gasteiger partial charge is 0.418 e. The molecule has 1 N–H and O–H groups in total. The summed E-state index contributed by atoms with van der Waals surface area (Å²) < 4.78 is 51.7.